The molecule has 0 heterocycles. The number of hydrogen-bond donors (Lipinski definition) is 5. The molecule has 0 fully saturated rings. The number of carbonyl (C=O) groups excluding carboxylic acids is 1. The van der Waals surface area contributed by atoms with Crippen LogP contribution in [-0.2, 0) is 22.4 Å². The molecule has 7 nitrogen and oxygen atoms in total. The van der Waals surface area contributed by atoms with Gasteiger partial charge in [-0.05, 0) is 48.9 Å². The molecule has 0 atom stereocenters. The third-order valence-electron chi connectivity index (χ3n) is 3.05. The van der Waals surface area contributed by atoms with Crippen molar-refractivity contribution in [2.75, 3.05) is 24.6 Å². The SMILES string of the molecule is CCN.CCNC(=O)Cc1ccc(N)cc1.Nc1ccc(CC(=O)O)cc1. The minimum Gasteiger partial charge on any atom is -0.481 e. The quantitative estimate of drug-likeness (QED) is 0.505. The van der Waals surface area contributed by atoms with Gasteiger partial charge in [-0.15, -0.1) is 0 Å². The summed E-state index contributed by atoms with van der Waals surface area (Å²) in [5, 5.41) is 11.1. The van der Waals surface area contributed by atoms with Gasteiger partial charge in [0, 0.05) is 17.9 Å². The van der Waals surface area contributed by atoms with E-state index in [4.69, 9.17) is 22.3 Å². The summed E-state index contributed by atoms with van der Waals surface area (Å²) in [5.41, 5.74) is 18.9. The lowest BCUT2D eigenvalue weighted by atomic mass is 10.1. The van der Waals surface area contributed by atoms with Gasteiger partial charge in [0.2, 0.25) is 5.91 Å². The van der Waals surface area contributed by atoms with E-state index in [-0.39, 0.29) is 12.3 Å². The fraction of sp³-hybridized carbons (Fsp3) is 0.300. The van der Waals surface area contributed by atoms with Crippen LogP contribution in [0.3, 0.4) is 0 Å². The number of benzene rings is 2. The summed E-state index contributed by atoms with van der Waals surface area (Å²) >= 11 is 0. The van der Waals surface area contributed by atoms with E-state index in [0.717, 1.165) is 23.4 Å². The van der Waals surface area contributed by atoms with Crippen molar-refractivity contribution in [3.05, 3.63) is 59.7 Å². The van der Waals surface area contributed by atoms with Crippen LogP contribution in [0.25, 0.3) is 0 Å². The first-order valence-electron chi connectivity index (χ1n) is 8.69. The fourth-order valence-corrected chi connectivity index (χ4v) is 1.89. The maximum Gasteiger partial charge on any atom is 0.307 e. The molecule has 2 aromatic rings. The molecule has 0 saturated heterocycles. The largest absolute Gasteiger partial charge is 0.481 e. The molecule has 8 N–H and O–H groups in total. The second-order valence-electron chi connectivity index (χ2n) is 5.59. The van der Waals surface area contributed by atoms with Gasteiger partial charge in [0.1, 0.15) is 0 Å². The van der Waals surface area contributed by atoms with E-state index in [2.05, 4.69) is 5.32 Å². The fourth-order valence-electron chi connectivity index (χ4n) is 1.89. The van der Waals surface area contributed by atoms with Gasteiger partial charge in [0.15, 0.2) is 0 Å². The van der Waals surface area contributed by atoms with Gasteiger partial charge in [0.25, 0.3) is 0 Å². The second kappa shape index (κ2) is 14.1. The van der Waals surface area contributed by atoms with E-state index in [0.29, 0.717) is 18.7 Å². The highest BCUT2D eigenvalue weighted by Gasteiger charge is 2.00. The normalized spacial score (nSPS) is 9.15. The molecule has 2 rings (SSSR count). The number of rotatable bonds is 5. The smallest absolute Gasteiger partial charge is 0.307 e. The van der Waals surface area contributed by atoms with Gasteiger partial charge >= 0.3 is 5.97 Å². The van der Waals surface area contributed by atoms with Gasteiger partial charge in [-0.1, -0.05) is 31.2 Å². The predicted molar refractivity (Wildman–Crippen MR) is 110 cm³/mol. The van der Waals surface area contributed by atoms with Crippen molar-refractivity contribution in [1.29, 1.82) is 0 Å². The van der Waals surface area contributed by atoms with E-state index in [1.807, 2.05) is 26.0 Å². The number of carboxylic acid groups (broad SMARTS) is 1. The number of carboxylic acids is 1. The molecule has 0 unspecified atom stereocenters. The van der Waals surface area contributed by atoms with Crippen molar-refractivity contribution in [1.82, 2.24) is 5.32 Å². The lowest BCUT2D eigenvalue weighted by molar-refractivity contribution is -0.136. The lowest BCUT2D eigenvalue weighted by Gasteiger charge is -2.02. The summed E-state index contributed by atoms with van der Waals surface area (Å²) in [5.74, 6) is -0.776. The summed E-state index contributed by atoms with van der Waals surface area (Å²) in [7, 11) is 0. The van der Waals surface area contributed by atoms with Crippen LogP contribution in [0.15, 0.2) is 48.5 Å². The highest BCUT2D eigenvalue weighted by molar-refractivity contribution is 5.78. The lowest BCUT2D eigenvalue weighted by Crippen LogP contribution is -2.24. The average Bonchev–Trinajstić information content (AvgIpc) is 2.60. The highest BCUT2D eigenvalue weighted by atomic mass is 16.4. The maximum atomic E-state index is 11.2. The number of anilines is 2. The molecule has 0 aliphatic heterocycles. The highest BCUT2D eigenvalue weighted by Crippen LogP contribution is 2.06. The van der Waals surface area contributed by atoms with Crippen LogP contribution in [0.4, 0.5) is 11.4 Å². The van der Waals surface area contributed by atoms with Crippen LogP contribution in [0.1, 0.15) is 25.0 Å². The van der Waals surface area contributed by atoms with Gasteiger partial charge < -0.3 is 27.6 Å². The van der Waals surface area contributed by atoms with E-state index in [1.54, 1.807) is 36.4 Å². The van der Waals surface area contributed by atoms with Crippen LogP contribution in [-0.4, -0.2) is 30.1 Å². The number of likely N-dealkylation sites (N-methyl/N-ethyl adjacent to an activating group) is 1. The zero-order valence-corrected chi connectivity index (χ0v) is 15.9. The Balaban J connectivity index is 0.000000442. The van der Waals surface area contributed by atoms with E-state index >= 15 is 0 Å². The Morgan fingerprint density at radius 1 is 0.852 bits per heavy atom. The first-order valence-corrected chi connectivity index (χ1v) is 8.69. The third-order valence-corrected chi connectivity index (χ3v) is 3.05. The molecule has 148 valence electrons. The standard InChI is InChI=1S/C10H14N2O.C8H9NO2.C2H7N/c1-2-12-10(13)7-8-3-5-9(11)6-4-8;9-7-3-1-6(2-4-7)5-8(10)11;1-2-3/h3-6H,2,7,11H2,1H3,(H,12,13);1-4H,5,9H2,(H,10,11);2-3H2,1H3. The molecule has 2 aromatic carbocycles. The molecule has 0 bridgehead atoms. The maximum absolute atomic E-state index is 11.2. The summed E-state index contributed by atoms with van der Waals surface area (Å²) in [6, 6.07) is 14.1. The molecular weight excluding hydrogens is 344 g/mol. The van der Waals surface area contributed by atoms with Crippen molar-refractivity contribution in [3.8, 4) is 0 Å². The Hall–Kier alpha value is -3.06. The van der Waals surface area contributed by atoms with Crippen molar-refractivity contribution in [2.45, 2.75) is 26.7 Å². The van der Waals surface area contributed by atoms with Crippen LogP contribution < -0.4 is 22.5 Å². The molecule has 0 aliphatic carbocycles. The van der Waals surface area contributed by atoms with Crippen molar-refractivity contribution >= 4 is 23.3 Å². The zero-order chi connectivity index (χ0) is 20.7. The van der Waals surface area contributed by atoms with Gasteiger partial charge in [0.05, 0.1) is 12.8 Å². The number of nitrogen functional groups attached to an aromatic ring is 2. The number of nitrogens with one attached hydrogen (secondary N) is 1. The first kappa shape index (κ1) is 23.9. The van der Waals surface area contributed by atoms with Gasteiger partial charge in [-0.2, -0.15) is 0 Å². The number of amides is 1. The topological polar surface area (TPSA) is 144 Å². The average molecular weight is 374 g/mol. The van der Waals surface area contributed by atoms with E-state index in [9.17, 15) is 9.59 Å². The van der Waals surface area contributed by atoms with Crippen molar-refractivity contribution in [3.63, 3.8) is 0 Å². The molecule has 0 aromatic heterocycles. The Morgan fingerprint density at radius 2 is 1.22 bits per heavy atom. The predicted octanol–water partition coefficient (Wildman–Crippen LogP) is 1.81. The van der Waals surface area contributed by atoms with E-state index in [1.165, 1.54) is 0 Å². The Morgan fingerprint density at radius 3 is 1.56 bits per heavy atom. The molecular formula is C20H30N4O3. The van der Waals surface area contributed by atoms with Gasteiger partial charge in [-0.25, -0.2) is 0 Å². The molecule has 7 heteroatoms. The summed E-state index contributed by atoms with van der Waals surface area (Å²) in [6.45, 7) is 5.23. The molecule has 0 spiro atoms. The minimum absolute atomic E-state index is 0.0484. The van der Waals surface area contributed by atoms with Crippen LogP contribution >= 0.6 is 0 Å². The van der Waals surface area contributed by atoms with Crippen molar-refractivity contribution in [2.24, 2.45) is 5.73 Å². The second-order valence-corrected chi connectivity index (χ2v) is 5.59. The summed E-state index contributed by atoms with van der Waals surface area (Å²) in [6.07, 6.45) is 0.481. The summed E-state index contributed by atoms with van der Waals surface area (Å²) in [4.78, 5) is 21.4. The number of hydrogen-bond acceptors (Lipinski definition) is 5. The number of aliphatic carboxylic acids is 1. The molecule has 0 aliphatic rings. The molecule has 1 amide bonds. The third kappa shape index (κ3) is 12.9. The number of nitrogens with two attached hydrogens (primary N) is 3. The Bertz CT molecular complexity index is 671. The minimum atomic E-state index is -0.824. The first-order chi connectivity index (χ1) is 12.8. The van der Waals surface area contributed by atoms with E-state index < -0.39 is 5.97 Å². The number of carbonyl (C=O) groups is 2. The molecule has 27 heavy (non-hydrogen) atoms. The zero-order valence-electron chi connectivity index (χ0n) is 15.9. The van der Waals surface area contributed by atoms with Gasteiger partial charge in [-0.3, -0.25) is 9.59 Å². The molecule has 0 saturated carbocycles. The summed E-state index contributed by atoms with van der Waals surface area (Å²) < 4.78 is 0. The van der Waals surface area contributed by atoms with Crippen LogP contribution in [0.5, 0.6) is 0 Å². The Labute approximate surface area is 160 Å². The van der Waals surface area contributed by atoms with Crippen molar-refractivity contribution < 1.29 is 14.7 Å². The monoisotopic (exact) mass is 374 g/mol. The molecule has 0 radical (unpaired) electrons. The van der Waals surface area contributed by atoms with Crippen LogP contribution in [0, 0.1) is 0 Å². The van der Waals surface area contributed by atoms with Crippen LogP contribution in [0.2, 0.25) is 0 Å². The Kier molecular flexibility index (Phi) is 12.5.